The van der Waals surface area contributed by atoms with Crippen molar-refractivity contribution in [1.29, 1.82) is 0 Å². The molecule has 0 fully saturated rings. The molecule has 0 N–H and O–H groups in total. The molecule has 3 aromatic rings. The van der Waals surface area contributed by atoms with Gasteiger partial charge in [0.1, 0.15) is 30.0 Å². The highest BCUT2D eigenvalue weighted by Crippen LogP contribution is 2.29. The maximum Gasteiger partial charge on any atom is 0.235 e. The van der Waals surface area contributed by atoms with Crippen LogP contribution in [-0.4, -0.2) is 12.6 Å². The summed E-state index contributed by atoms with van der Waals surface area (Å²) in [4.78, 5) is 23.1. The Morgan fingerprint density at radius 1 is 1.11 bits per heavy atom. The number of hydrogen-bond acceptors (Lipinski definition) is 6. The monoisotopic (exact) mass is 381 g/mol. The first-order valence-electron chi connectivity index (χ1n) is 8.97. The summed E-state index contributed by atoms with van der Waals surface area (Å²) in [5.74, 6) is -0.462. The Kier molecular flexibility index (Phi) is 5.40. The summed E-state index contributed by atoms with van der Waals surface area (Å²) in [6.07, 6.45) is 2.24. The summed E-state index contributed by atoms with van der Waals surface area (Å²) in [7, 11) is 0. The number of aliphatic carboxylic acids is 1. The highest BCUT2D eigenvalue weighted by Gasteiger charge is 2.18. The van der Waals surface area contributed by atoms with Crippen LogP contribution in [0.4, 0.5) is 0 Å². The maximum absolute atomic E-state index is 12.7. The number of fused-ring (bicyclic) bond motifs is 1. The normalized spacial score (nSPS) is 11.4. The number of carboxylic acid groups (broad SMARTS) is 1. The van der Waals surface area contributed by atoms with Gasteiger partial charge in [-0.05, 0) is 41.7 Å². The largest absolute Gasteiger partial charge is 0.546 e. The summed E-state index contributed by atoms with van der Waals surface area (Å²) in [6.45, 7) is 5.90. The van der Waals surface area contributed by atoms with E-state index >= 15 is 0 Å². The minimum Gasteiger partial charge on any atom is -0.546 e. The zero-order chi connectivity index (χ0) is 20.3. The Morgan fingerprint density at radius 2 is 1.79 bits per heavy atom. The second kappa shape index (κ2) is 7.76. The molecule has 0 bridgehead atoms. The van der Waals surface area contributed by atoms with Crippen LogP contribution in [0, 0.1) is 0 Å². The lowest BCUT2D eigenvalue weighted by atomic mass is 9.82. The molecule has 1 aromatic heterocycles. The van der Waals surface area contributed by atoms with E-state index in [0.29, 0.717) is 11.1 Å². The number of carbonyl (C=O) groups is 1. The molecule has 0 radical (unpaired) electrons. The first-order chi connectivity index (χ1) is 13.3. The first kappa shape index (κ1) is 19.5. The lowest BCUT2D eigenvalue weighted by Gasteiger charge is -2.23. The zero-order valence-electron chi connectivity index (χ0n) is 16.0. The molecule has 28 heavy (non-hydrogen) atoms. The highest BCUT2D eigenvalue weighted by molar-refractivity contribution is 5.79. The van der Waals surface area contributed by atoms with Gasteiger partial charge in [-0.2, -0.15) is 0 Å². The fourth-order valence-corrected chi connectivity index (χ4v) is 2.70. The van der Waals surface area contributed by atoms with Crippen molar-refractivity contribution < 1.29 is 23.8 Å². The van der Waals surface area contributed by atoms with Gasteiger partial charge in [0.25, 0.3) is 0 Å². The minimum absolute atomic E-state index is 0.0665. The lowest BCUT2D eigenvalue weighted by molar-refractivity contribution is -0.307. The van der Waals surface area contributed by atoms with Gasteiger partial charge in [-0.25, -0.2) is 0 Å². The van der Waals surface area contributed by atoms with Crippen molar-refractivity contribution in [3.8, 4) is 17.2 Å². The number of hydrogen-bond donors (Lipinski definition) is 0. The zero-order valence-corrected chi connectivity index (χ0v) is 16.0. The maximum atomic E-state index is 12.7. The number of benzene rings is 2. The molecule has 2 aromatic carbocycles. The highest BCUT2D eigenvalue weighted by atomic mass is 16.5. The van der Waals surface area contributed by atoms with E-state index in [1.807, 2.05) is 24.3 Å². The molecule has 6 heteroatoms. The molecule has 0 aliphatic rings. The average Bonchev–Trinajstić information content (AvgIpc) is 2.69. The van der Waals surface area contributed by atoms with Crippen molar-refractivity contribution in [3.05, 3.63) is 64.5 Å². The standard InChI is InChI=1S/C22H22O6/c1-4-22(2,3)14-5-7-15(8-6-14)28-19-12-27-18-11-16(26-13-20(23)24)9-10-17(18)21(19)25/h5-12H,4,13H2,1-3H3,(H,23,24)/p-1. The van der Waals surface area contributed by atoms with Crippen molar-refractivity contribution in [2.75, 3.05) is 6.61 Å². The van der Waals surface area contributed by atoms with Gasteiger partial charge in [0.15, 0.2) is 0 Å². The SMILES string of the molecule is CCC(C)(C)c1ccc(Oc2coc3cc(OCC(=O)[O-])ccc3c2=O)cc1. The quantitative estimate of drug-likeness (QED) is 0.623. The van der Waals surface area contributed by atoms with Crippen LogP contribution >= 0.6 is 0 Å². The smallest absolute Gasteiger partial charge is 0.235 e. The van der Waals surface area contributed by atoms with E-state index in [0.717, 1.165) is 6.42 Å². The van der Waals surface area contributed by atoms with Crippen LogP contribution in [0.2, 0.25) is 0 Å². The molecule has 0 atom stereocenters. The van der Waals surface area contributed by atoms with Crippen LogP contribution in [-0.2, 0) is 10.2 Å². The molecule has 146 valence electrons. The molecule has 0 spiro atoms. The second-order valence-corrected chi connectivity index (χ2v) is 7.11. The Morgan fingerprint density at radius 3 is 2.43 bits per heavy atom. The van der Waals surface area contributed by atoms with Gasteiger partial charge in [0.05, 0.1) is 11.4 Å². The average molecular weight is 381 g/mol. The molecule has 0 aliphatic carbocycles. The van der Waals surface area contributed by atoms with Gasteiger partial charge < -0.3 is 23.8 Å². The van der Waals surface area contributed by atoms with E-state index in [1.54, 1.807) is 0 Å². The van der Waals surface area contributed by atoms with Crippen molar-refractivity contribution in [2.24, 2.45) is 0 Å². The minimum atomic E-state index is -1.33. The number of carboxylic acids is 1. The molecule has 0 aliphatic heterocycles. The van der Waals surface area contributed by atoms with Gasteiger partial charge in [0, 0.05) is 6.07 Å². The molecule has 6 nitrogen and oxygen atoms in total. The van der Waals surface area contributed by atoms with E-state index in [2.05, 4.69) is 20.8 Å². The summed E-state index contributed by atoms with van der Waals surface area (Å²) in [6, 6.07) is 12.1. The molecular formula is C22H21O6-. The Hall–Kier alpha value is -3.28. The van der Waals surface area contributed by atoms with E-state index in [-0.39, 0.29) is 27.9 Å². The number of rotatable bonds is 7. The fourth-order valence-electron chi connectivity index (χ4n) is 2.70. The Balaban J connectivity index is 1.84. The third-order valence-electron chi connectivity index (χ3n) is 4.82. The van der Waals surface area contributed by atoms with Gasteiger partial charge in [-0.15, -0.1) is 0 Å². The third-order valence-corrected chi connectivity index (χ3v) is 4.82. The lowest BCUT2D eigenvalue weighted by Crippen LogP contribution is -2.28. The van der Waals surface area contributed by atoms with Crippen LogP contribution in [0.25, 0.3) is 11.0 Å². The van der Waals surface area contributed by atoms with E-state index in [1.165, 1.54) is 30.0 Å². The van der Waals surface area contributed by atoms with Crippen LogP contribution in [0.15, 0.2) is 57.9 Å². The van der Waals surface area contributed by atoms with Gasteiger partial charge >= 0.3 is 0 Å². The van der Waals surface area contributed by atoms with E-state index in [4.69, 9.17) is 13.9 Å². The molecule has 3 rings (SSSR count). The Labute approximate surface area is 162 Å². The van der Waals surface area contributed by atoms with Gasteiger partial charge in [-0.1, -0.05) is 32.9 Å². The molecule has 0 unspecified atom stereocenters. The summed E-state index contributed by atoms with van der Waals surface area (Å²) in [5, 5.41) is 10.8. The van der Waals surface area contributed by atoms with E-state index < -0.39 is 12.6 Å². The third kappa shape index (κ3) is 4.17. The van der Waals surface area contributed by atoms with Crippen molar-refractivity contribution in [2.45, 2.75) is 32.6 Å². The van der Waals surface area contributed by atoms with Crippen LogP contribution in [0.5, 0.6) is 17.2 Å². The van der Waals surface area contributed by atoms with Crippen LogP contribution in [0.3, 0.4) is 0 Å². The van der Waals surface area contributed by atoms with E-state index in [9.17, 15) is 14.7 Å². The Bertz CT molecular complexity index is 1050. The molecule has 0 amide bonds. The molecule has 0 saturated heterocycles. The van der Waals surface area contributed by atoms with Crippen LogP contribution in [0.1, 0.15) is 32.8 Å². The molecular weight excluding hydrogens is 360 g/mol. The topological polar surface area (TPSA) is 88.8 Å². The summed E-state index contributed by atoms with van der Waals surface area (Å²) in [5.41, 5.74) is 1.20. The van der Waals surface area contributed by atoms with Gasteiger partial charge in [-0.3, -0.25) is 4.79 Å². The second-order valence-electron chi connectivity index (χ2n) is 7.11. The fraction of sp³-hybridized carbons (Fsp3) is 0.273. The van der Waals surface area contributed by atoms with Crippen molar-refractivity contribution in [3.63, 3.8) is 0 Å². The van der Waals surface area contributed by atoms with Crippen LogP contribution < -0.4 is 20.0 Å². The molecule has 0 saturated carbocycles. The van der Waals surface area contributed by atoms with Gasteiger partial charge in [0.2, 0.25) is 11.2 Å². The molecule has 1 heterocycles. The summed E-state index contributed by atoms with van der Waals surface area (Å²) >= 11 is 0. The first-order valence-corrected chi connectivity index (χ1v) is 8.97. The summed E-state index contributed by atoms with van der Waals surface area (Å²) < 4.78 is 16.2. The predicted octanol–water partition coefficient (Wildman–Crippen LogP) is 3.40. The van der Waals surface area contributed by atoms with Crippen molar-refractivity contribution >= 4 is 16.9 Å². The number of ether oxygens (including phenoxy) is 2. The number of carbonyl (C=O) groups excluding carboxylic acids is 1. The van der Waals surface area contributed by atoms with Crippen molar-refractivity contribution in [1.82, 2.24) is 0 Å². The predicted molar refractivity (Wildman–Crippen MR) is 103 cm³/mol.